The van der Waals surface area contributed by atoms with Gasteiger partial charge in [-0.15, -0.1) is 0 Å². The normalized spacial score (nSPS) is 12.6. The standard InChI is InChI=1S/C16H22FN3O/c1-10-13(17)5-11(8-18)6-14(10)20-15(21)12(9-19)7-16(2,3)4/h5-6,12H,7,9,19H2,1-4H3,(H,20,21). The van der Waals surface area contributed by atoms with Gasteiger partial charge in [0.2, 0.25) is 5.91 Å². The van der Waals surface area contributed by atoms with Gasteiger partial charge in [-0.25, -0.2) is 4.39 Å². The maximum Gasteiger partial charge on any atom is 0.228 e. The average molecular weight is 291 g/mol. The van der Waals surface area contributed by atoms with E-state index in [0.29, 0.717) is 17.7 Å². The molecule has 21 heavy (non-hydrogen) atoms. The van der Waals surface area contributed by atoms with Crippen molar-refractivity contribution in [1.82, 2.24) is 0 Å². The summed E-state index contributed by atoms with van der Waals surface area (Å²) in [7, 11) is 0. The number of carbonyl (C=O) groups is 1. The van der Waals surface area contributed by atoms with E-state index in [2.05, 4.69) is 5.32 Å². The number of carbonyl (C=O) groups excluding carboxylic acids is 1. The van der Waals surface area contributed by atoms with Crippen LogP contribution in [0.4, 0.5) is 10.1 Å². The highest BCUT2D eigenvalue weighted by molar-refractivity contribution is 5.93. The van der Waals surface area contributed by atoms with E-state index in [0.717, 1.165) is 6.07 Å². The molecule has 0 aliphatic rings. The summed E-state index contributed by atoms with van der Waals surface area (Å²) in [5, 5.41) is 11.6. The fourth-order valence-corrected chi connectivity index (χ4v) is 2.13. The van der Waals surface area contributed by atoms with Gasteiger partial charge in [0.05, 0.1) is 17.6 Å². The van der Waals surface area contributed by atoms with Crippen LogP contribution in [-0.4, -0.2) is 12.5 Å². The fraction of sp³-hybridized carbons (Fsp3) is 0.500. The number of nitrogens with zero attached hydrogens (tertiary/aromatic N) is 1. The number of nitrogens with one attached hydrogen (secondary N) is 1. The van der Waals surface area contributed by atoms with E-state index >= 15 is 0 Å². The number of amides is 1. The maximum atomic E-state index is 13.7. The molecule has 0 spiro atoms. The second-order valence-electron chi connectivity index (χ2n) is 6.43. The lowest BCUT2D eigenvalue weighted by Crippen LogP contribution is -2.32. The van der Waals surface area contributed by atoms with Crippen LogP contribution in [0, 0.1) is 35.4 Å². The molecular weight excluding hydrogens is 269 g/mol. The first kappa shape index (κ1) is 17.1. The highest BCUT2D eigenvalue weighted by Crippen LogP contribution is 2.26. The highest BCUT2D eigenvalue weighted by atomic mass is 19.1. The molecular formula is C16H22FN3O. The van der Waals surface area contributed by atoms with E-state index in [-0.39, 0.29) is 29.3 Å². The lowest BCUT2D eigenvalue weighted by atomic mass is 9.84. The quantitative estimate of drug-likeness (QED) is 0.895. The molecule has 0 fully saturated rings. The van der Waals surface area contributed by atoms with Crippen molar-refractivity contribution in [3.63, 3.8) is 0 Å². The minimum atomic E-state index is -0.510. The van der Waals surface area contributed by atoms with Crippen LogP contribution in [-0.2, 0) is 4.79 Å². The fourth-order valence-electron chi connectivity index (χ4n) is 2.13. The van der Waals surface area contributed by atoms with Gasteiger partial charge in [0, 0.05) is 17.8 Å². The van der Waals surface area contributed by atoms with Gasteiger partial charge >= 0.3 is 0 Å². The molecule has 0 bridgehead atoms. The van der Waals surface area contributed by atoms with E-state index in [4.69, 9.17) is 11.0 Å². The summed E-state index contributed by atoms with van der Waals surface area (Å²) in [5.41, 5.74) is 6.45. The van der Waals surface area contributed by atoms with Gasteiger partial charge < -0.3 is 11.1 Å². The Bertz CT molecular complexity index is 570. The molecule has 0 saturated heterocycles. The van der Waals surface area contributed by atoms with Crippen LogP contribution in [0.3, 0.4) is 0 Å². The Morgan fingerprint density at radius 1 is 1.48 bits per heavy atom. The van der Waals surface area contributed by atoms with Gasteiger partial charge in [-0.1, -0.05) is 20.8 Å². The minimum absolute atomic E-state index is 0.0316. The number of hydrogen-bond donors (Lipinski definition) is 2. The molecule has 0 aromatic heterocycles. The summed E-state index contributed by atoms with van der Waals surface area (Å²) in [6, 6.07) is 4.50. The Kier molecular flexibility index (Phi) is 5.45. The zero-order chi connectivity index (χ0) is 16.2. The molecule has 0 heterocycles. The summed E-state index contributed by atoms with van der Waals surface area (Å²) < 4.78 is 13.7. The Morgan fingerprint density at radius 2 is 2.10 bits per heavy atom. The van der Waals surface area contributed by atoms with Crippen LogP contribution in [0.1, 0.15) is 38.3 Å². The topological polar surface area (TPSA) is 78.9 Å². The zero-order valence-electron chi connectivity index (χ0n) is 13.0. The lowest BCUT2D eigenvalue weighted by molar-refractivity contribution is -0.120. The van der Waals surface area contributed by atoms with Gasteiger partial charge in [-0.05, 0) is 30.9 Å². The number of hydrogen-bond acceptors (Lipinski definition) is 3. The SMILES string of the molecule is Cc1c(F)cc(C#N)cc1NC(=O)C(CN)CC(C)(C)C. The third kappa shape index (κ3) is 4.83. The average Bonchev–Trinajstić information content (AvgIpc) is 2.39. The lowest BCUT2D eigenvalue weighted by Gasteiger charge is -2.24. The van der Waals surface area contributed by atoms with Crippen molar-refractivity contribution in [3.05, 3.63) is 29.1 Å². The molecule has 0 radical (unpaired) electrons. The minimum Gasteiger partial charge on any atom is -0.330 e. The summed E-state index contributed by atoms with van der Waals surface area (Å²) in [6.07, 6.45) is 0.634. The van der Waals surface area contributed by atoms with E-state index in [1.165, 1.54) is 6.07 Å². The number of halogens is 1. The van der Waals surface area contributed by atoms with Crippen LogP contribution in [0.15, 0.2) is 12.1 Å². The summed E-state index contributed by atoms with van der Waals surface area (Å²) in [6.45, 7) is 7.88. The molecule has 1 rings (SSSR count). The summed E-state index contributed by atoms with van der Waals surface area (Å²) in [5.74, 6) is -1.10. The third-order valence-electron chi connectivity index (χ3n) is 3.25. The molecule has 4 nitrogen and oxygen atoms in total. The van der Waals surface area contributed by atoms with Crippen LogP contribution < -0.4 is 11.1 Å². The number of benzene rings is 1. The van der Waals surface area contributed by atoms with Crippen molar-refractivity contribution in [2.45, 2.75) is 34.1 Å². The summed E-state index contributed by atoms with van der Waals surface area (Å²) >= 11 is 0. The molecule has 0 aliphatic carbocycles. The van der Waals surface area contributed by atoms with Crippen molar-refractivity contribution in [3.8, 4) is 6.07 Å². The van der Waals surface area contributed by atoms with Gasteiger partial charge in [0.1, 0.15) is 5.82 Å². The first-order valence-electron chi connectivity index (χ1n) is 6.89. The number of nitrogens with two attached hydrogens (primary N) is 1. The predicted octanol–water partition coefficient (Wildman–Crippen LogP) is 2.96. The second-order valence-corrected chi connectivity index (χ2v) is 6.43. The Hall–Kier alpha value is -1.93. The van der Waals surface area contributed by atoms with Crippen molar-refractivity contribution >= 4 is 11.6 Å². The number of anilines is 1. The molecule has 114 valence electrons. The van der Waals surface area contributed by atoms with E-state index in [1.54, 1.807) is 6.92 Å². The first-order chi connectivity index (χ1) is 9.67. The van der Waals surface area contributed by atoms with E-state index in [1.807, 2.05) is 26.8 Å². The predicted molar refractivity (Wildman–Crippen MR) is 81.1 cm³/mol. The highest BCUT2D eigenvalue weighted by Gasteiger charge is 2.24. The van der Waals surface area contributed by atoms with Gasteiger partial charge in [-0.2, -0.15) is 5.26 Å². The molecule has 1 aromatic rings. The van der Waals surface area contributed by atoms with Crippen molar-refractivity contribution in [2.75, 3.05) is 11.9 Å². The molecule has 5 heteroatoms. The van der Waals surface area contributed by atoms with Gasteiger partial charge in [-0.3, -0.25) is 4.79 Å². The molecule has 1 aromatic carbocycles. The van der Waals surface area contributed by atoms with E-state index in [9.17, 15) is 9.18 Å². The molecule has 0 saturated carbocycles. The van der Waals surface area contributed by atoms with Crippen LogP contribution in [0.25, 0.3) is 0 Å². The molecule has 3 N–H and O–H groups in total. The van der Waals surface area contributed by atoms with Crippen LogP contribution in [0.5, 0.6) is 0 Å². The Morgan fingerprint density at radius 3 is 2.57 bits per heavy atom. The molecule has 1 atom stereocenters. The van der Waals surface area contributed by atoms with Crippen molar-refractivity contribution < 1.29 is 9.18 Å². The smallest absolute Gasteiger partial charge is 0.228 e. The van der Waals surface area contributed by atoms with E-state index < -0.39 is 5.82 Å². The van der Waals surface area contributed by atoms with Crippen molar-refractivity contribution in [2.24, 2.45) is 17.1 Å². The maximum absolute atomic E-state index is 13.7. The molecule has 1 amide bonds. The summed E-state index contributed by atoms with van der Waals surface area (Å²) in [4.78, 5) is 12.3. The first-order valence-corrected chi connectivity index (χ1v) is 6.89. The Labute approximate surface area is 125 Å². The number of rotatable bonds is 4. The number of nitriles is 1. The monoisotopic (exact) mass is 291 g/mol. The van der Waals surface area contributed by atoms with Crippen molar-refractivity contribution in [1.29, 1.82) is 5.26 Å². The van der Waals surface area contributed by atoms with Gasteiger partial charge in [0.25, 0.3) is 0 Å². The molecule has 0 aliphatic heterocycles. The zero-order valence-corrected chi connectivity index (χ0v) is 13.0. The van der Waals surface area contributed by atoms with Gasteiger partial charge in [0.15, 0.2) is 0 Å². The Balaban J connectivity index is 2.97. The largest absolute Gasteiger partial charge is 0.330 e. The molecule has 1 unspecified atom stereocenters. The van der Waals surface area contributed by atoms with Crippen LogP contribution >= 0.6 is 0 Å². The third-order valence-corrected chi connectivity index (χ3v) is 3.25. The van der Waals surface area contributed by atoms with Crippen LogP contribution in [0.2, 0.25) is 0 Å². The second kappa shape index (κ2) is 6.68.